The van der Waals surface area contributed by atoms with E-state index < -0.39 is 35.7 Å². The van der Waals surface area contributed by atoms with Crippen LogP contribution in [0.15, 0.2) is 24.3 Å². The number of para-hydroxylation sites is 1. The summed E-state index contributed by atoms with van der Waals surface area (Å²) in [5, 5.41) is 4.42. The van der Waals surface area contributed by atoms with E-state index in [9.17, 15) is 18.8 Å². The number of nitrogens with two attached hydrogens (primary N) is 2. The zero-order valence-corrected chi connectivity index (χ0v) is 11.8. The second-order valence-corrected chi connectivity index (χ2v) is 4.50. The summed E-state index contributed by atoms with van der Waals surface area (Å²) in [7, 11) is 0. The highest BCUT2D eigenvalue weighted by Crippen LogP contribution is 2.15. The minimum absolute atomic E-state index is 0.0217. The number of nitrogens with one attached hydrogen (secondary N) is 2. The van der Waals surface area contributed by atoms with Gasteiger partial charge in [0.05, 0.1) is 6.04 Å². The molecule has 0 radical (unpaired) electrons. The summed E-state index contributed by atoms with van der Waals surface area (Å²) in [6, 6.07) is 2.84. The average Bonchev–Trinajstić information content (AvgIpc) is 2.43. The Morgan fingerprint density at radius 3 is 2.32 bits per heavy atom. The molecule has 0 aliphatic rings. The van der Waals surface area contributed by atoms with Gasteiger partial charge in [-0.25, -0.2) is 9.18 Å². The fraction of sp³-hybridized carbons (Fsp3) is 0.308. The smallest absolute Gasteiger partial charge is 0.316 e. The second-order valence-electron chi connectivity index (χ2n) is 4.50. The van der Waals surface area contributed by atoms with Gasteiger partial charge in [-0.2, -0.15) is 0 Å². The van der Waals surface area contributed by atoms with E-state index >= 15 is 0 Å². The van der Waals surface area contributed by atoms with Gasteiger partial charge in [-0.1, -0.05) is 12.1 Å². The van der Waals surface area contributed by atoms with E-state index in [4.69, 9.17) is 16.2 Å². The third-order valence-corrected chi connectivity index (χ3v) is 2.55. The van der Waals surface area contributed by atoms with Crippen molar-refractivity contribution >= 4 is 17.8 Å². The van der Waals surface area contributed by atoms with Crippen molar-refractivity contribution in [2.45, 2.75) is 19.0 Å². The number of hydrogen-bond donors (Lipinski definition) is 4. The van der Waals surface area contributed by atoms with E-state index in [-0.39, 0.29) is 12.4 Å². The standard InChI is InChI=1S/C13H17FN4O4/c1-7(6-22-9-5-3-2-4-8(9)14)17-13(21)18-10(11(15)19)12(16)20/h2-5,7,10H,6H2,1H3,(H2,15,19)(H2,16,20)(H2,17,18,21)/t7-/m1/s1. The summed E-state index contributed by atoms with van der Waals surface area (Å²) >= 11 is 0. The quantitative estimate of drug-likeness (QED) is 0.491. The number of urea groups is 1. The number of carbonyl (C=O) groups excluding carboxylic acids is 3. The van der Waals surface area contributed by atoms with E-state index in [0.717, 1.165) is 0 Å². The van der Waals surface area contributed by atoms with Crippen molar-refractivity contribution in [1.29, 1.82) is 0 Å². The summed E-state index contributed by atoms with van der Waals surface area (Å²) < 4.78 is 18.5. The van der Waals surface area contributed by atoms with Crippen LogP contribution >= 0.6 is 0 Å². The lowest BCUT2D eigenvalue weighted by atomic mass is 10.2. The van der Waals surface area contributed by atoms with Crippen molar-refractivity contribution in [3.05, 3.63) is 30.1 Å². The Hall–Kier alpha value is -2.84. The SMILES string of the molecule is C[C@H](COc1ccccc1F)NC(=O)NC(C(N)=O)C(N)=O. The summed E-state index contributed by atoms with van der Waals surface area (Å²) in [6.07, 6.45) is 0. The maximum Gasteiger partial charge on any atom is 0.316 e. The molecule has 0 heterocycles. The summed E-state index contributed by atoms with van der Waals surface area (Å²) in [4.78, 5) is 33.4. The highest BCUT2D eigenvalue weighted by molar-refractivity contribution is 6.05. The highest BCUT2D eigenvalue weighted by Gasteiger charge is 2.24. The fourth-order valence-electron chi connectivity index (χ4n) is 1.50. The first-order valence-corrected chi connectivity index (χ1v) is 6.34. The molecule has 120 valence electrons. The molecule has 0 saturated heterocycles. The molecule has 1 rings (SSSR count). The molecular weight excluding hydrogens is 295 g/mol. The van der Waals surface area contributed by atoms with Gasteiger partial charge >= 0.3 is 6.03 Å². The van der Waals surface area contributed by atoms with Crippen molar-refractivity contribution in [3.63, 3.8) is 0 Å². The predicted octanol–water partition coefficient (Wildman–Crippen LogP) is -0.769. The Labute approximate surface area is 126 Å². The molecule has 0 fully saturated rings. The molecule has 0 spiro atoms. The van der Waals surface area contributed by atoms with Gasteiger partial charge in [0.25, 0.3) is 0 Å². The number of hydrogen-bond acceptors (Lipinski definition) is 4. The largest absolute Gasteiger partial charge is 0.488 e. The molecule has 1 aromatic carbocycles. The van der Waals surface area contributed by atoms with E-state index in [0.29, 0.717) is 0 Å². The topological polar surface area (TPSA) is 137 Å². The third-order valence-electron chi connectivity index (χ3n) is 2.55. The fourth-order valence-corrected chi connectivity index (χ4v) is 1.50. The Morgan fingerprint density at radius 1 is 1.18 bits per heavy atom. The molecule has 0 aromatic heterocycles. The molecular formula is C13H17FN4O4. The van der Waals surface area contributed by atoms with Crippen LogP contribution in [-0.2, 0) is 9.59 Å². The molecule has 1 atom stereocenters. The normalized spacial score (nSPS) is 11.6. The number of halogens is 1. The van der Waals surface area contributed by atoms with Gasteiger partial charge in [-0.05, 0) is 19.1 Å². The van der Waals surface area contributed by atoms with Crippen LogP contribution in [-0.4, -0.2) is 36.5 Å². The number of carbonyl (C=O) groups is 3. The highest BCUT2D eigenvalue weighted by atomic mass is 19.1. The number of amides is 4. The lowest BCUT2D eigenvalue weighted by Gasteiger charge is -2.17. The number of rotatable bonds is 7. The van der Waals surface area contributed by atoms with E-state index in [1.165, 1.54) is 18.2 Å². The Kier molecular flexibility index (Phi) is 6.11. The maximum absolute atomic E-state index is 13.3. The Bertz CT molecular complexity index is 553. The number of benzene rings is 1. The number of ether oxygens (including phenoxy) is 1. The number of primary amides is 2. The van der Waals surface area contributed by atoms with Crippen LogP contribution < -0.4 is 26.8 Å². The molecule has 0 saturated carbocycles. The lowest BCUT2D eigenvalue weighted by Crippen LogP contribution is -2.56. The van der Waals surface area contributed by atoms with E-state index in [2.05, 4.69) is 5.32 Å². The van der Waals surface area contributed by atoms with Crippen LogP contribution in [0.5, 0.6) is 5.75 Å². The van der Waals surface area contributed by atoms with Gasteiger partial charge in [0.1, 0.15) is 6.61 Å². The van der Waals surface area contributed by atoms with E-state index in [1.807, 2.05) is 5.32 Å². The average molecular weight is 312 g/mol. The second kappa shape index (κ2) is 7.81. The summed E-state index contributed by atoms with van der Waals surface area (Å²) in [5.41, 5.74) is 9.84. The molecule has 0 aliphatic heterocycles. The van der Waals surface area contributed by atoms with Crippen LogP contribution in [0.25, 0.3) is 0 Å². The lowest BCUT2D eigenvalue weighted by molar-refractivity contribution is -0.128. The van der Waals surface area contributed by atoms with Gasteiger partial charge in [0, 0.05) is 0 Å². The molecule has 0 bridgehead atoms. The summed E-state index contributed by atoms with van der Waals surface area (Å²) in [5.74, 6) is -2.62. The minimum atomic E-state index is -1.61. The minimum Gasteiger partial charge on any atom is -0.488 e. The first kappa shape index (κ1) is 17.2. The van der Waals surface area contributed by atoms with Gasteiger partial charge in [-0.15, -0.1) is 0 Å². The summed E-state index contributed by atoms with van der Waals surface area (Å²) in [6.45, 7) is 1.57. The van der Waals surface area contributed by atoms with Gasteiger partial charge in [0.15, 0.2) is 17.6 Å². The Morgan fingerprint density at radius 2 is 1.77 bits per heavy atom. The maximum atomic E-state index is 13.3. The van der Waals surface area contributed by atoms with Gasteiger partial charge in [-0.3, -0.25) is 9.59 Å². The van der Waals surface area contributed by atoms with Crippen LogP contribution in [0.4, 0.5) is 9.18 Å². The zero-order chi connectivity index (χ0) is 16.7. The third kappa shape index (κ3) is 5.27. The molecule has 4 amide bonds. The van der Waals surface area contributed by atoms with Crippen LogP contribution in [0.3, 0.4) is 0 Å². The Balaban J connectivity index is 2.46. The van der Waals surface area contributed by atoms with Crippen LogP contribution in [0.1, 0.15) is 6.92 Å². The van der Waals surface area contributed by atoms with Gasteiger partial charge in [0.2, 0.25) is 11.8 Å². The monoisotopic (exact) mass is 312 g/mol. The molecule has 9 heteroatoms. The molecule has 22 heavy (non-hydrogen) atoms. The van der Waals surface area contributed by atoms with Crippen molar-refractivity contribution in [1.82, 2.24) is 10.6 Å². The van der Waals surface area contributed by atoms with Crippen molar-refractivity contribution in [3.8, 4) is 5.75 Å². The zero-order valence-electron chi connectivity index (χ0n) is 11.8. The molecule has 8 nitrogen and oxygen atoms in total. The first-order chi connectivity index (χ1) is 10.3. The van der Waals surface area contributed by atoms with Crippen molar-refractivity contribution in [2.75, 3.05) is 6.61 Å². The first-order valence-electron chi connectivity index (χ1n) is 6.34. The van der Waals surface area contributed by atoms with E-state index in [1.54, 1.807) is 13.0 Å². The van der Waals surface area contributed by atoms with Crippen LogP contribution in [0.2, 0.25) is 0 Å². The molecule has 0 aliphatic carbocycles. The molecule has 0 unspecified atom stereocenters. The predicted molar refractivity (Wildman–Crippen MR) is 75.2 cm³/mol. The van der Waals surface area contributed by atoms with Crippen molar-refractivity contribution < 1.29 is 23.5 Å². The molecule has 6 N–H and O–H groups in total. The van der Waals surface area contributed by atoms with Crippen LogP contribution in [0, 0.1) is 5.82 Å². The molecule has 1 aromatic rings. The van der Waals surface area contributed by atoms with Crippen molar-refractivity contribution in [2.24, 2.45) is 11.5 Å². The van der Waals surface area contributed by atoms with Gasteiger partial charge < -0.3 is 26.8 Å².